The second-order valence-corrected chi connectivity index (χ2v) is 6.81. The van der Waals surface area contributed by atoms with Crippen LogP contribution in [0.4, 0.5) is 5.69 Å². The van der Waals surface area contributed by atoms with Crippen LogP contribution in [0, 0.1) is 11.3 Å². The number of amides is 1. The van der Waals surface area contributed by atoms with Crippen molar-refractivity contribution in [2.45, 2.75) is 13.3 Å². The molecule has 0 aliphatic carbocycles. The summed E-state index contributed by atoms with van der Waals surface area (Å²) in [4.78, 5) is 26.3. The first-order valence-electron chi connectivity index (χ1n) is 10.3. The quantitative estimate of drug-likeness (QED) is 0.448. The number of anilines is 1. The molecule has 3 aromatic carbocycles. The second kappa shape index (κ2) is 11.4. The van der Waals surface area contributed by atoms with E-state index in [4.69, 9.17) is 19.5 Å². The summed E-state index contributed by atoms with van der Waals surface area (Å²) in [5, 5.41) is 10.8. The minimum absolute atomic E-state index is 0.150. The molecule has 0 atom stereocenters. The Kier molecular flexibility index (Phi) is 8.04. The molecule has 3 rings (SSSR count). The molecule has 7 nitrogen and oxygen atoms in total. The van der Waals surface area contributed by atoms with Crippen molar-refractivity contribution in [1.82, 2.24) is 0 Å². The molecule has 0 saturated heterocycles. The average Bonchev–Trinajstić information content (AvgIpc) is 2.82. The van der Waals surface area contributed by atoms with Crippen molar-refractivity contribution < 1.29 is 23.8 Å². The minimum Gasteiger partial charge on any atom is -0.494 e. The number of nitriles is 1. The smallest absolute Gasteiger partial charge is 0.344 e. The van der Waals surface area contributed by atoms with Crippen LogP contribution in [0.1, 0.15) is 13.3 Å². The molecule has 0 N–H and O–H groups in total. The summed E-state index contributed by atoms with van der Waals surface area (Å²) < 4.78 is 16.1. The van der Waals surface area contributed by atoms with Crippen LogP contribution in [-0.4, -0.2) is 38.2 Å². The lowest BCUT2D eigenvalue weighted by molar-refractivity contribution is -0.149. The van der Waals surface area contributed by atoms with E-state index in [0.29, 0.717) is 23.8 Å². The lowest BCUT2D eigenvalue weighted by atomic mass is 10.1. The first kappa shape index (κ1) is 22.6. The molecule has 0 aliphatic heterocycles. The fourth-order valence-corrected chi connectivity index (χ4v) is 3.17. The van der Waals surface area contributed by atoms with Crippen LogP contribution in [0.15, 0.2) is 66.7 Å². The van der Waals surface area contributed by atoms with Crippen molar-refractivity contribution in [3.63, 3.8) is 0 Å². The monoisotopic (exact) mass is 432 g/mol. The summed E-state index contributed by atoms with van der Waals surface area (Å²) >= 11 is 0. The zero-order valence-corrected chi connectivity index (χ0v) is 17.8. The van der Waals surface area contributed by atoms with Gasteiger partial charge in [-0.1, -0.05) is 36.4 Å². The highest BCUT2D eigenvalue weighted by Crippen LogP contribution is 2.25. The number of esters is 1. The number of hydrogen-bond donors (Lipinski definition) is 0. The molecule has 0 unspecified atom stereocenters. The van der Waals surface area contributed by atoms with Gasteiger partial charge in [-0.05, 0) is 42.6 Å². The normalized spacial score (nSPS) is 10.2. The Hall–Kier alpha value is -4.05. The van der Waals surface area contributed by atoms with Crippen molar-refractivity contribution in [2.24, 2.45) is 0 Å². The summed E-state index contributed by atoms with van der Waals surface area (Å²) in [6, 6.07) is 22.2. The van der Waals surface area contributed by atoms with Crippen LogP contribution < -0.4 is 14.4 Å². The van der Waals surface area contributed by atoms with E-state index in [1.54, 1.807) is 30.3 Å². The first-order chi connectivity index (χ1) is 15.6. The van der Waals surface area contributed by atoms with E-state index in [1.807, 2.05) is 49.4 Å². The van der Waals surface area contributed by atoms with Gasteiger partial charge in [-0.15, -0.1) is 0 Å². The van der Waals surface area contributed by atoms with Gasteiger partial charge < -0.3 is 19.1 Å². The third kappa shape index (κ3) is 5.99. The average molecular weight is 432 g/mol. The highest BCUT2D eigenvalue weighted by Gasteiger charge is 2.18. The van der Waals surface area contributed by atoms with E-state index in [9.17, 15) is 9.59 Å². The van der Waals surface area contributed by atoms with E-state index in [2.05, 4.69) is 0 Å². The molecule has 0 spiro atoms. The summed E-state index contributed by atoms with van der Waals surface area (Å²) in [5.41, 5.74) is 0.594. The molecule has 32 heavy (non-hydrogen) atoms. The molecule has 0 aromatic heterocycles. The van der Waals surface area contributed by atoms with Gasteiger partial charge in [-0.2, -0.15) is 5.26 Å². The van der Waals surface area contributed by atoms with Crippen LogP contribution in [0.5, 0.6) is 11.5 Å². The van der Waals surface area contributed by atoms with E-state index >= 15 is 0 Å². The number of nitrogens with zero attached hydrogens (tertiary/aromatic N) is 2. The molecule has 7 heteroatoms. The lowest BCUT2D eigenvalue weighted by Crippen LogP contribution is -2.36. The largest absolute Gasteiger partial charge is 0.494 e. The summed E-state index contributed by atoms with van der Waals surface area (Å²) in [5.74, 6) is 0.165. The van der Waals surface area contributed by atoms with Crippen molar-refractivity contribution >= 4 is 28.3 Å². The molecule has 164 valence electrons. The van der Waals surface area contributed by atoms with Crippen molar-refractivity contribution in [3.8, 4) is 17.6 Å². The zero-order chi connectivity index (χ0) is 22.8. The molecular weight excluding hydrogens is 408 g/mol. The maximum Gasteiger partial charge on any atom is 0.344 e. The van der Waals surface area contributed by atoms with Gasteiger partial charge in [0.25, 0.3) is 5.91 Å². The molecule has 0 bridgehead atoms. The fraction of sp³-hybridized carbons (Fsp3) is 0.240. The Balaban J connectivity index is 1.57. The van der Waals surface area contributed by atoms with Crippen molar-refractivity contribution in [1.29, 1.82) is 5.26 Å². The highest BCUT2D eigenvalue weighted by molar-refractivity contribution is 5.95. The maximum atomic E-state index is 12.7. The van der Waals surface area contributed by atoms with E-state index in [0.717, 1.165) is 10.8 Å². The van der Waals surface area contributed by atoms with Gasteiger partial charge in [-0.25, -0.2) is 4.79 Å². The Morgan fingerprint density at radius 2 is 1.69 bits per heavy atom. The first-order valence-corrected chi connectivity index (χ1v) is 10.3. The number of carbonyl (C=O) groups excluding carboxylic acids is 2. The van der Waals surface area contributed by atoms with Crippen LogP contribution >= 0.6 is 0 Å². The maximum absolute atomic E-state index is 12.7. The topological polar surface area (TPSA) is 88.9 Å². The number of benzene rings is 3. The predicted molar refractivity (Wildman–Crippen MR) is 121 cm³/mol. The van der Waals surface area contributed by atoms with Gasteiger partial charge in [0.2, 0.25) is 0 Å². The number of fused-ring (bicyclic) bond motifs is 1. The van der Waals surface area contributed by atoms with Crippen LogP contribution in [0.2, 0.25) is 0 Å². The van der Waals surface area contributed by atoms with Crippen LogP contribution in [0.25, 0.3) is 10.8 Å². The standard InChI is InChI=1S/C25H24N2O5/c1-2-30-21-13-11-20(12-14-21)27(16-6-15-26)24(28)17-32-25(29)18-31-23-10-5-8-19-7-3-4-9-22(19)23/h3-5,7-14H,2,6,16-18H2,1H3. The second-order valence-electron chi connectivity index (χ2n) is 6.81. The van der Waals surface area contributed by atoms with Gasteiger partial charge in [0.15, 0.2) is 13.2 Å². The summed E-state index contributed by atoms with van der Waals surface area (Å²) in [7, 11) is 0. The summed E-state index contributed by atoms with van der Waals surface area (Å²) in [6.07, 6.45) is 0.150. The third-order valence-corrected chi connectivity index (χ3v) is 4.66. The molecule has 0 aliphatic rings. The Bertz CT molecular complexity index is 1100. The van der Waals surface area contributed by atoms with Gasteiger partial charge in [-0.3, -0.25) is 4.79 Å². The fourth-order valence-electron chi connectivity index (χ4n) is 3.17. The molecule has 0 radical (unpaired) electrons. The van der Waals surface area contributed by atoms with Crippen molar-refractivity contribution in [2.75, 3.05) is 31.3 Å². The van der Waals surface area contributed by atoms with Crippen molar-refractivity contribution in [3.05, 3.63) is 66.7 Å². The van der Waals surface area contributed by atoms with E-state index in [-0.39, 0.29) is 19.6 Å². The predicted octanol–water partition coefficient (Wildman–Crippen LogP) is 4.11. The number of ether oxygens (including phenoxy) is 3. The zero-order valence-electron chi connectivity index (χ0n) is 17.8. The van der Waals surface area contributed by atoms with Crippen LogP contribution in [-0.2, 0) is 14.3 Å². The Labute approximate surface area is 186 Å². The molecule has 0 saturated carbocycles. The molecule has 0 fully saturated rings. The van der Waals surface area contributed by atoms with E-state index in [1.165, 1.54) is 4.90 Å². The third-order valence-electron chi connectivity index (χ3n) is 4.66. The SMILES string of the molecule is CCOc1ccc(N(CCC#N)C(=O)COC(=O)COc2cccc3ccccc23)cc1. The molecule has 3 aromatic rings. The lowest BCUT2D eigenvalue weighted by Gasteiger charge is -2.22. The van der Waals surface area contributed by atoms with Gasteiger partial charge >= 0.3 is 5.97 Å². The number of hydrogen-bond acceptors (Lipinski definition) is 6. The van der Waals surface area contributed by atoms with Gasteiger partial charge in [0.1, 0.15) is 11.5 Å². The van der Waals surface area contributed by atoms with Gasteiger partial charge in [0.05, 0.1) is 19.1 Å². The Morgan fingerprint density at radius 3 is 2.44 bits per heavy atom. The molecule has 0 heterocycles. The highest BCUT2D eigenvalue weighted by atomic mass is 16.6. The van der Waals surface area contributed by atoms with Crippen LogP contribution in [0.3, 0.4) is 0 Å². The van der Waals surface area contributed by atoms with E-state index < -0.39 is 18.5 Å². The minimum atomic E-state index is -0.654. The van der Waals surface area contributed by atoms with Gasteiger partial charge in [0, 0.05) is 17.6 Å². The Morgan fingerprint density at radius 1 is 0.938 bits per heavy atom. The molecular formula is C25H24N2O5. The summed E-state index contributed by atoms with van der Waals surface area (Å²) in [6.45, 7) is 1.84. The number of rotatable bonds is 10. The number of carbonyl (C=O) groups is 2. The molecule has 1 amide bonds.